The molecule has 5 nitrogen and oxygen atoms in total. The molecule has 0 unspecified atom stereocenters. The van der Waals surface area contributed by atoms with Crippen LogP contribution in [0.1, 0.15) is 31.9 Å². The average molecular weight is 396 g/mol. The van der Waals surface area contributed by atoms with Gasteiger partial charge >= 0.3 is 0 Å². The lowest BCUT2D eigenvalue weighted by molar-refractivity contribution is -0.120. The zero-order valence-corrected chi connectivity index (χ0v) is 17.6. The number of fused-ring (bicyclic) bond motifs is 1. The molecule has 1 N–H and O–H groups in total. The predicted molar refractivity (Wildman–Crippen MR) is 115 cm³/mol. The first-order valence-corrected chi connectivity index (χ1v) is 10.2. The molecule has 0 aliphatic heterocycles. The molecule has 0 fully saturated rings. The summed E-state index contributed by atoms with van der Waals surface area (Å²) in [6.07, 6.45) is 0. The number of benzene rings is 2. The Labute approximate surface area is 169 Å². The van der Waals surface area contributed by atoms with Gasteiger partial charge in [-0.25, -0.2) is 4.98 Å². The van der Waals surface area contributed by atoms with Crippen LogP contribution in [0.5, 0.6) is 0 Å². The average Bonchev–Trinajstić information content (AvgIpc) is 2.63. The second-order valence-corrected chi connectivity index (χ2v) is 8.52. The van der Waals surface area contributed by atoms with Crippen molar-refractivity contribution in [2.75, 3.05) is 0 Å². The fraction of sp³-hybridized carbons (Fsp3) is 0.318. The molecule has 1 aromatic heterocycles. The summed E-state index contributed by atoms with van der Waals surface area (Å²) in [7, 11) is 0. The van der Waals surface area contributed by atoms with Gasteiger partial charge in [0.2, 0.25) is 5.91 Å². The third-order valence-electron chi connectivity index (χ3n) is 4.49. The van der Waals surface area contributed by atoms with Gasteiger partial charge in [-0.05, 0) is 57.9 Å². The topological polar surface area (TPSA) is 64.0 Å². The summed E-state index contributed by atoms with van der Waals surface area (Å²) >= 11 is 1.30. The van der Waals surface area contributed by atoms with Crippen LogP contribution in [0.3, 0.4) is 0 Å². The smallest absolute Gasteiger partial charge is 0.266 e. The minimum Gasteiger partial charge on any atom is -0.353 e. The number of amides is 1. The van der Waals surface area contributed by atoms with Crippen molar-refractivity contribution in [2.45, 2.75) is 51.1 Å². The quantitative estimate of drug-likeness (QED) is 0.524. The van der Waals surface area contributed by atoms with Crippen LogP contribution in [0, 0.1) is 13.8 Å². The van der Waals surface area contributed by atoms with Crippen molar-refractivity contribution in [2.24, 2.45) is 0 Å². The maximum absolute atomic E-state index is 13.4. The molecular formula is C22H25N3O2S. The number of aromatic nitrogens is 2. The van der Waals surface area contributed by atoms with E-state index in [2.05, 4.69) is 5.32 Å². The number of rotatable bonds is 5. The van der Waals surface area contributed by atoms with Crippen LogP contribution < -0.4 is 10.9 Å². The van der Waals surface area contributed by atoms with E-state index >= 15 is 0 Å². The molecule has 146 valence electrons. The summed E-state index contributed by atoms with van der Waals surface area (Å²) in [5.41, 5.74) is 3.31. The van der Waals surface area contributed by atoms with Crippen molar-refractivity contribution in [3.63, 3.8) is 0 Å². The Hall–Kier alpha value is -2.60. The molecule has 0 radical (unpaired) electrons. The number of para-hydroxylation sites is 2. The summed E-state index contributed by atoms with van der Waals surface area (Å²) in [5, 5.41) is 3.62. The Morgan fingerprint density at radius 2 is 1.68 bits per heavy atom. The van der Waals surface area contributed by atoms with Crippen molar-refractivity contribution < 1.29 is 4.79 Å². The molecule has 0 saturated heterocycles. The van der Waals surface area contributed by atoms with E-state index in [1.807, 2.05) is 71.0 Å². The Bertz CT molecular complexity index is 1070. The summed E-state index contributed by atoms with van der Waals surface area (Å²) in [5.74, 6) is -0.0736. The Morgan fingerprint density at radius 3 is 2.32 bits per heavy atom. The van der Waals surface area contributed by atoms with Crippen LogP contribution in [0.25, 0.3) is 16.6 Å². The van der Waals surface area contributed by atoms with Crippen molar-refractivity contribution >= 4 is 28.6 Å². The lowest BCUT2D eigenvalue weighted by Gasteiger charge is -2.19. The van der Waals surface area contributed by atoms with Gasteiger partial charge in [-0.3, -0.25) is 14.2 Å². The molecule has 3 aromatic rings. The molecule has 0 saturated carbocycles. The summed E-state index contributed by atoms with van der Waals surface area (Å²) in [6, 6.07) is 13.3. The van der Waals surface area contributed by atoms with Gasteiger partial charge in [-0.2, -0.15) is 0 Å². The van der Waals surface area contributed by atoms with E-state index in [1.54, 1.807) is 10.6 Å². The molecule has 2 aromatic carbocycles. The normalized spacial score (nSPS) is 12.4. The number of hydrogen-bond donors (Lipinski definition) is 1. The van der Waals surface area contributed by atoms with Crippen molar-refractivity contribution in [1.82, 2.24) is 14.9 Å². The van der Waals surface area contributed by atoms with Crippen LogP contribution in [0.4, 0.5) is 0 Å². The third-order valence-corrected chi connectivity index (χ3v) is 5.54. The zero-order chi connectivity index (χ0) is 20.4. The van der Waals surface area contributed by atoms with E-state index in [4.69, 9.17) is 4.98 Å². The Balaban J connectivity index is 2.21. The second-order valence-electron chi connectivity index (χ2n) is 7.22. The maximum Gasteiger partial charge on any atom is 0.266 e. The van der Waals surface area contributed by atoms with Gasteiger partial charge in [0, 0.05) is 6.04 Å². The number of nitrogens with one attached hydrogen (secondary N) is 1. The van der Waals surface area contributed by atoms with E-state index in [-0.39, 0.29) is 22.8 Å². The number of carbonyl (C=O) groups is 1. The van der Waals surface area contributed by atoms with Crippen LogP contribution in [0.15, 0.2) is 52.4 Å². The van der Waals surface area contributed by atoms with E-state index in [0.717, 1.165) is 16.8 Å². The third kappa shape index (κ3) is 3.97. The van der Waals surface area contributed by atoms with Gasteiger partial charge in [0.1, 0.15) is 0 Å². The number of aryl methyl sites for hydroxylation is 2. The molecule has 3 rings (SSSR count). The standard InChI is InChI=1S/C22H25N3O2S/c1-13(2)23-20(26)16(5)28-22-24-18-12-7-6-11-17(18)21(27)25(22)19-14(3)9-8-10-15(19)4/h6-13,16H,1-5H3,(H,23,26)/t16-/m1/s1. The first kappa shape index (κ1) is 20.1. The number of carbonyl (C=O) groups excluding carboxylic acids is 1. The summed E-state index contributed by atoms with van der Waals surface area (Å²) < 4.78 is 1.65. The largest absolute Gasteiger partial charge is 0.353 e. The van der Waals surface area contributed by atoms with Crippen molar-refractivity contribution in [3.8, 4) is 5.69 Å². The molecule has 1 heterocycles. The molecule has 0 aliphatic carbocycles. The second kappa shape index (κ2) is 8.19. The van der Waals surface area contributed by atoms with E-state index in [9.17, 15) is 9.59 Å². The van der Waals surface area contributed by atoms with E-state index in [1.165, 1.54) is 11.8 Å². The highest BCUT2D eigenvalue weighted by molar-refractivity contribution is 8.00. The molecule has 28 heavy (non-hydrogen) atoms. The van der Waals surface area contributed by atoms with E-state index in [0.29, 0.717) is 16.1 Å². The molecule has 0 aliphatic rings. The van der Waals surface area contributed by atoms with E-state index < -0.39 is 0 Å². The molecule has 0 spiro atoms. The van der Waals surface area contributed by atoms with Crippen molar-refractivity contribution in [1.29, 1.82) is 0 Å². The molecule has 6 heteroatoms. The lowest BCUT2D eigenvalue weighted by atomic mass is 10.1. The van der Waals surface area contributed by atoms with Gasteiger partial charge < -0.3 is 5.32 Å². The van der Waals surface area contributed by atoms with Gasteiger partial charge in [0.25, 0.3) is 5.56 Å². The predicted octanol–water partition coefficient (Wildman–Crippen LogP) is 4.01. The first-order valence-electron chi connectivity index (χ1n) is 9.35. The molecule has 1 atom stereocenters. The fourth-order valence-electron chi connectivity index (χ4n) is 3.16. The highest BCUT2D eigenvalue weighted by atomic mass is 32.2. The van der Waals surface area contributed by atoms with Gasteiger partial charge in [0.15, 0.2) is 5.16 Å². The molecular weight excluding hydrogens is 370 g/mol. The monoisotopic (exact) mass is 395 g/mol. The maximum atomic E-state index is 13.4. The molecule has 1 amide bonds. The van der Waals surface area contributed by atoms with Gasteiger partial charge in [-0.15, -0.1) is 0 Å². The van der Waals surface area contributed by atoms with Gasteiger partial charge in [0.05, 0.1) is 21.8 Å². The Kier molecular flexibility index (Phi) is 5.89. The van der Waals surface area contributed by atoms with Crippen LogP contribution >= 0.6 is 11.8 Å². The molecule has 0 bridgehead atoms. The van der Waals surface area contributed by atoms with Crippen LogP contribution in [0.2, 0.25) is 0 Å². The summed E-state index contributed by atoms with van der Waals surface area (Å²) in [6.45, 7) is 9.64. The lowest BCUT2D eigenvalue weighted by Crippen LogP contribution is -2.36. The minimum atomic E-state index is -0.383. The Morgan fingerprint density at radius 1 is 1.04 bits per heavy atom. The highest BCUT2D eigenvalue weighted by Crippen LogP contribution is 2.28. The number of nitrogens with zero attached hydrogens (tertiary/aromatic N) is 2. The van der Waals surface area contributed by atoms with Crippen molar-refractivity contribution in [3.05, 3.63) is 63.9 Å². The zero-order valence-electron chi connectivity index (χ0n) is 16.8. The summed E-state index contributed by atoms with van der Waals surface area (Å²) in [4.78, 5) is 30.6. The highest BCUT2D eigenvalue weighted by Gasteiger charge is 2.22. The minimum absolute atomic E-state index is 0.0564. The van der Waals surface area contributed by atoms with Gasteiger partial charge in [-0.1, -0.05) is 42.1 Å². The first-order chi connectivity index (χ1) is 13.3. The van der Waals surface area contributed by atoms with Crippen LogP contribution in [-0.4, -0.2) is 26.8 Å². The van der Waals surface area contributed by atoms with Crippen LogP contribution in [-0.2, 0) is 4.79 Å². The number of hydrogen-bond acceptors (Lipinski definition) is 4. The number of thioether (sulfide) groups is 1. The fourth-order valence-corrected chi connectivity index (χ4v) is 4.08. The SMILES string of the molecule is Cc1cccc(C)c1-n1c(S[C@H](C)C(=O)NC(C)C)nc2ccccc2c1=O.